The van der Waals surface area contributed by atoms with Crippen LogP contribution in [0.2, 0.25) is 5.02 Å². The zero-order chi connectivity index (χ0) is 16.2. The van der Waals surface area contributed by atoms with Gasteiger partial charge in [0.05, 0.1) is 0 Å². The molecular formula is C17H24ClNO2S. The molecule has 3 nitrogen and oxygen atoms in total. The van der Waals surface area contributed by atoms with Crippen molar-refractivity contribution in [3.63, 3.8) is 0 Å². The molecule has 122 valence electrons. The van der Waals surface area contributed by atoms with Crippen LogP contribution in [-0.2, 0) is 4.74 Å². The molecule has 1 aliphatic rings. The molecule has 1 amide bonds. The van der Waals surface area contributed by atoms with Gasteiger partial charge in [-0.1, -0.05) is 11.6 Å². The maximum absolute atomic E-state index is 12.2. The highest BCUT2D eigenvalue weighted by atomic mass is 35.5. The number of carbonyl (C=O) groups is 1. The van der Waals surface area contributed by atoms with Crippen LogP contribution < -0.4 is 0 Å². The molecule has 0 radical (unpaired) electrons. The van der Waals surface area contributed by atoms with E-state index >= 15 is 0 Å². The maximum atomic E-state index is 12.2. The number of nitrogens with zero attached hydrogens (tertiary/aromatic N) is 1. The number of rotatable bonds is 3. The average molecular weight is 342 g/mol. The molecular weight excluding hydrogens is 318 g/mol. The maximum Gasteiger partial charge on any atom is 0.410 e. The lowest BCUT2D eigenvalue weighted by Crippen LogP contribution is -2.43. The third-order valence-corrected chi connectivity index (χ3v) is 4.97. The van der Waals surface area contributed by atoms with Crippen LogP contribution >= 0.6 is 23.4 Å². The molecule has 1 fully saturated rings. The summed E-state index contributed by atoms with van der Waals surface area (Å²) < 4.78 is 5.47. The number of benzene rings is 1. The summed E-state index contributed by atoms with van der Waals surface area (Å²) in [6.07, 6.45) is 2.03. The highest BCUT2D eigenvalue weighted by Crippen LogP contribution is 2.27. The van der Waals surface area contributed by atoms with Gasteiger partial charge in [-0.05, 0) is 63.8 Å². The van der Waals surface area contributed by atoms with E-state index in [4.69, 9.17) is 16.3 Å². The lowest BCUT2D eigenvalue weighted by Gasteiger charge is -2.34. The predicted octanol–water partition coefficient (Wildman–Crippen LogP) is 5.08. The molecule has 0 N–H and O–H groups in total. The number of piperidine rings is 1. The van der Waals surface area contributed by atoms with Crippen molar-refractivity contribution in [1.82, 2.24) is 4.90 Å². The van der Waals surface area contributed by atoms with Gasteiger partial charge >= 0.3 is 6.09 Å². The molecule has 2 rings (SSSR count). The van der Waals surface area contributed by atoms with Gasteiger partial charge in [-0.15, -0.1) is 11.8 Å². The van der Waals surface area contributed by atoms with E-state index in [-0.39, 0.29) is 6.09 Å². The van der Waals surface area contributed by atoms with Crippen LogP contribution in [0.3, 0.4) is 0 Å². The number of carbonyl (C=O) groups excluding carboxylic acids is 1. The second-order valence-corrected chi connectivity index (χ2v) is 8.23. The summed E-state index contributed by atoms with van der Waals surface area (Å²) in [5.74, 6) is 1.53. The minimum atomic E-state index is -0.428. The number of hydrogen-bond donors (Lipinski definition) is 0. The number of hydrogen-bond acceptors (Lipinski definition) is 3. The number of halogens is 1. The third-order valence-electron chi connectivity index (χ3n) is 3.47. The van der Waals surface area contributed by atoms with Crippen molar-refractivity contribution >= 4 is 29.5 Å². The van der Waals surface area contributed by atoms with Gasteiger partial charge in [0.2, 0.25) is 0 Å². The first-order valence-corrected chi connectivity index (χ1v) is 9.06. The van der Waals surface area contributed by atoms with Gasteiger partial charge in [0, 0.05) is 28.8 Å². The fourth-order valence-electron chi connectivity index (χ4n) is 2.44. The Hall–Kier alpha value is -0.870. The van der Waals surface area contributed by atoms with Crippen LogP contribution in [0.1, 0.15) is 33.6 Å². The average Bonchev–Trinajstić information content (AvgIpc) is 2.45. The minimum absolute atomic E-state index is 0.186. The molecule has 0 spiro atoms. The normalized spacial score (nSPS) is 19.1. The summed E-state index contributed by atoms with van der Waals surface area (Å²) in [5.41, 5.74) is -0.428. The fourth-order valence-corrected chi connectivity index (χ4v) is 3.59. The second-order valence-electron chi connectivity index (χ2n) is 6.70. The quantitative estimate of drug-likeness (QED) is 0.718. The van der Waals surface area contributed by atoms with Crippen LogP contribution in [0, 0.1) is 5.92 Å². The Bertz CT molecular complexity index is 498. The topological polar surface area (TPSA) is 29.5 Å². The Kier molecular flexibility index (Phi) is 6.04. The van der Waals surface area contributed by atoms with Crippen LogP contribution in [0.4, 0.5) is 4.79 Å². The number of thioether (sulfide) groups is 1. The van der Waals surface area contributed by atoms with E-state index in [1.54, 1.807) is 0 Å². The zero-order valence-electron chi connectivity index (χ0n) is 13.5. The molecule has 1 atom stereocenters. The minimum Gasteiger partial charge on any atom is -0.444 e. The molecule has 0 aromatic heterocycles. The zero-order valence-corrected chi connectivity index (χ0v) is 15.0. The number of likely N-dealkylation sites (tertiary alicyclic amines) is 1. The van der Waals surface area contributed by atoms with Gasteiger partial charge < -0.3 is 9.64 Å². The van der Waals surface area contributed by atoms with Gasteiger partial charge in [0.15, 0.2) is 0 Å². The van der Waals surface area contributed by atoms with Crippen molar-refractivity contribution in [1.29, 1.82) is 0 Å². The SMILES string of the molecule is CC(C)(C)OC(=O)N1CCC[C@H](CSc2ccc(Cl)cc2)C1. The molecule has 0 unspecified atom stereocenters. The van der Waals surface area contributed by atoms with E-state index in [1.165, 1.54) is 11.3 Å². The molecule has 0 bridgehead atoms. The Morgan fingerprint density at radius 2 is 2.05 bits per heavy atom. The summed E-state index contributed by atoms with van der Waals surface area (Å²) in [6.45, 7) is 7.31. The van der Waals surface area contributed by atoms with Gasteiger partial charge in [0.25, 0.3) is 0 Å². The highest BCUT2D eigenvalue weighted by Gasteiger charge is 2.27. The van der Waals surface area contributed by atoms with Crippen molar-refractivity contribution in [2.24, 2.45) is 5.92 Å². The molecule has 0 aliphatic carbocycles. The summed E-state index contributed by atoms with van der Waals surface area (Å²) >= 11 is 7.73. The third kappa shape index (κ3) is 5.73. The number of amides is 1. The first-order valence-electron chi connectivity index (χ1n) is 7.70. The monoisotopic (exact) mass is 341 g/mol. The fraction of sp³-hybridized carbons (Fsp3) is 0.588. The van der Waals surface area contributed by atoms with Gasteiger partial charge in [-0.25, -0.2) is 4.79 Å². The van der Waals surface area contributed by atoms with Crippen LogP contribution in [0.15, 0.2) is 29.2 Å². The van der Waals surface area contributed by atoms with E-state index < -0.39 is 5.60 Å². The van der Waals surface area contributed by atoms with Crippen LogP contribution in [0.5, 0.6) is 0 Å². The summed E-state index contributed by atoms with van der Waals surface area (Å²) in [6, 6.07) is 7.92. The van der Waals surface area contributed by atoms with Crippen LogP contribution in [0.25, 0.3) is 0 Å². The van der Waals surface area contributed by atoms with Crippen molar-refractivity contribution in [3.8, 4) is 0 Å². The Balaban J connectivity index is 1.82. The molecule has 1 aromatic carbocycles. The van der Waals surface area contributed by atoms with Gasteiger partial charge in [0.1, 0.15) is 5.60 Å². The first-order chi connectivity index (χ1) is 10.3. The lowest BCUT2D eigenvalue weighted by atomic mass is 10.0. The molecule has 22 heavy (non-hydrogen) atoms. The smallest absolute Gasteiger partial charge is 0.410 e. The largest absolute Gasteiger partial charge is 0.444 e. The van der Waals surface area contributed by atoms with Crippen molar-refractivity contribution < 1.29 is 9.53 Å². The van der Waals surface area contributed by atoms with Gasteiger partial charge in [-0.3, -0.25) is 0 Å². The highest BCUT2D eigenvalue weighted by molar-refractivity contribution is 7.99. The number of ether oxygens (including phenoxy) is 1. The van der Waals surface area contributed by atoms with E-state index in [0.717, 1.165) is 30.3 Å². The van der Waals surface area contributed by atoms with Crippen molar-refractivity contribution in [3.05, 3.63) is 29.3 Å². The Morgan fingerprint density at radius 3 is 2.68 bits per heavy atom. The van der Waals surface area contributed by atoms with E-state index in [2.05, 4.69) is 0 Å². The molecule has 1 aliphatic heterocycles. The van der Waals surface area contributed by atoms with E-state index in [0.29, 0.717) is 5.92 Å². The summed E-state index contributed by atoms with van der Waals surface area (Å²) in [5, 5.41) is 0.762. The molecule has 5 heteroatoms. The summed E-state index contributed by atoms with van der Waals surface area (Å²) in [4.78, 5) is 15.2. The lowest BCUT2D eigenvalue weighted by molar-refractivity contribution is 0.0177. The van der Waals surface area contributed by atoms with E-state index in [1.807, 2.05) is 61.7 Å². The molecule has 1 saturated heterocycles. The van der Waals surface area contributed by atoms with Gasteiger partial charge in [-0.2, -0.15) is 0 Å². The van der Waals surface area contributed by atoms with Crippen LogP contribution in [-0.4, -0.2) is 35.4 Å². The Morgan fingerprint density at radius 1 is 1.36 bits per heavy atom. The van der Waals surface area contributed by atoms with Crippen molar-refractivity contribution in [2.45, 2.75) is 44.1 Å². The molecule has 1 heterocycles. The molecule has 0 saturated carbocycles. The predicted molar refractivity (Wildman–Crippen MR) is 92.7 cm³/mol. The standard InChI is InChI=1S/C17H24ClNO2S/c1-17(2,3)21-16(20)19-10-4-5-13(11-19)12-22-15-8-6-14(18)7-9-15/h6-9,13H,4-5,10-12H2,1-3H3/t13-/m0/s1. The second kappa shape index (κ2) is 7.60. The molecule has 1 aromatic rings. The van der Waals surface area contributed by atoms with E-state index in [9.17, 15) is 4.79 Å². The first kappa shape index (κ1) is 17.5. The summed E-state index contributed by atoms with van der Waals surface area (Å²) in [7, 11) is 0. The van der Waals surface area contributed by atoms with Crippen molar-refractivity contribution in [2.75, 3.05) is 18.8 Å². The Labute approximate surface area is 142 Å².